The van der Waals surface area contributed by atoms with Crippen LogP contribution in [0.2, 0.25) is 5.02 Å². The van der Waals surface area contributed by atoms with Gasteiger partial charge in [-0.1, -0.05) is 30.7 Å². The fraction of sp³-hybridized carbons (Fsp3) is 0.455. The van der Waals surface area contributed by atoms with Crippen LogP contribution in [0.3, 0.4) is 0 Å². The van der Waals surface area contributed by atoms with Crippen molar-refractivity contribution in [3.63, 3.8) is 0 Å². The van der Waals surface area contributed by atoms with E-state index in [-0.39, 0.29) is 48.7 Å². The highest BCUT2D eigenvalue weighted by atomic mass is 35.5. The minimum atomic E-state index is -4.58. The molecular formula is C22H21ClF4N6O. The SMILES string of the molecule is C[C@@H]1CN(c2c(Cl)cnc3c(F)cccc23)CCC1C(=O)N1CCn2c(nnc2C(F)(F)F)C1. The largest absolute Gasteiger partial charge is 0.451 e. The number of para-hydroxylation sites is 1. The Kier molecular flexibility index (Phi) is 5.62. The molecule has 4 heterocycles. The zero-order valence-electron chi connectivity index (χ0n) is 18.2. The number of benzene rings is 1. The molecule has 2 aliphatic heterocycles. The number of pyridine rings is 1. The van der Waals surface area contributed by atoms with Crippen molar-refractivity contribution in [2.45, 2.75) is 32.6 Å². The van der Waals surface area contributed by atoms with Crippen LogP contribution in [0, 0.1) is 17.7 Å². The Balaban J connectivity index is 1.32. The van der Waals surface area contributed by atoms with E-state index in [1.807, 2.05) is 11.8 Å². The van der Waals surface area contributed by atoms with Crippen molar-refractivity contribution in [3.05, 3.63) is 46.9 Å². The van der Waals surface area contributed by atoms with E-state index in [1.54, 1.807) is 17.0 Å². The number of nitrogens with zero attached hydrogens (tertiary/aromatic N) is 6. The summed E-state index contributed by atoms with van der Waals surface area (Å²) in [7, 11) is 0. The van der Waals surface area contributed by atoms with Gasteiger partial charge in [-0.15, -0.1) is 10.2 Å². The van der Waals surface area contributed by atoms with E-state index in [0.717, 1.165) is 4.57 Å². The van der Waals surface area contributed by atoms with E-state index in [9.17, 15) is 22.4 Å². The van der Waals surface area contributed by atoms with Gasteiger partial charge in [-0.25, -0.2) is 4.39 Å². The summed E-state index contributed by atoms with van der Waals surface area (Å²) in [6, 6.07) is 4.73. The van der Waals surface area contributed by atoms with Crippen molar-refractivity contribution in [1.82, 2.24) is 24.6 Å². The van der Waals surface area contributed by atoms with Gasteiger partial charge < -0.3 is 14.4 Å². The van der Waals surface area contributed by atoms with Gasteiger partial charge in [0.15, 0.2) is 5.82 Å². The number of amides is 1. The number of carbonyl (C=O) groups excluding carboxylic acids is 1. The summed E-state index contributed by atoms with van der Waals surface area (Å²) < 4.78 is 54.5. The van der Waals surface area contributed by atoms with Gasteiger partial charge in [-0.05, 0) is 18.4 Å². The average Bonchev–Trinajstić information content (AvgIpc) is 3.22. The zero-order valence-corrected chi connectivity index (χ0v) is 18.9. The number of hydrogen-bond acceptors (Lipinski definition) is 5. The molecule has 1 saturated heterocycles. The first-order valence-corrected chi connectivity index (χ1v) is 11.3. The Morgan fingerprint density at radius 1 is 1.18 bits per heavy atom. The van der Waals surface area contributed by atoms with Gasteiger partial charge in [-0.3, -0.25) is 9.78 Å². The molecule has 1 aromatic carbocycles. The molecule has 0 bridgehead atoms. The van der Waals surface area contributed by atoms with E-state index >= 15 is 0 Å². The molecular weight excluding hydrogens is 476 g/mol. The highest BCUT2D eigenvalue weighted by Gasteiger charge is 2.41. The van der Waals surface area contributed by atoms with E-state index in [2.05, 4.69) is 15.2 Å². The van der Waals surface area contributed by atoms with Crippen molar-refractivity contribution in [2.24, 2.45) is 11.8 Å². The predicted octanol–water partition coefficient (Wildman–Crippen LogP) is 4.14. The summed E-state index contributed by atoms with van der Waals surface area (Å²) in [6.07, 6.45) is -2.62. The van der Waals surface area contributed by atoms with Crippen molar-refractivity contribution in [3.8, 4) is 0 Å². The van der Waals surface area contributed by atoms with Crippen LogP contribution in [0.1, 0.15) is 25.0 Å². The number of halogens is 5. The second kappa shape index (κ2) is 8.37. The molecule has 2 aliphatic rings. The van der Waals surface area contributed by atoms with Crippen LogP contribution in [-0.2, 0) is 24.1 Å². The molecule has 3 aromatic rings. The fourth-order valence-corrected chi connectivity index (χ4v) is 5.25. The standard InChI is InChI=1S/C22H21ClF4N6O/c1-12-10-31(19-14-3-2-4-16(24)18(14)28-9-15(19)23)6-5-13(12)20(34)32-7-8-33-17(11-32)29-30-21(33)22(25,26)27/h2-4,9,12-13H,5-8,10-11H2,1H3/t12-,13?/m1/s1. The fourth-order valence-electron chi connectivity index (χ4n) is 4.98. The molecule has 12 heteroatoms. The Bertz CT molecular complexity index is 1260. The number of fused-ring (bicyclic) bond motifs is 2. The summed E-state index contributed by atoms with van der Waals surface area (Å²) in [5, 5.41) is 7.95. The molecule has 180 valence electrons. The van der Waals surface area contributed by atoms with Crippen LogP contribution < -0.4 is 4.90 Å². The lowest BCUT2D eigenvalue weighted by Gasteiger charge is -2.40. The summed E-state index contributed by atoms with van der Waals surface area (Å²) in [5.41, 5.74) is 0.929. The summed E-state index contributed by atoms with van der Waals surface area (Å²) in [5.74, 6) is -1.79. The van der Waals surface area contributed by atoms with Crippen LogP contribution in [0.5, 0.6) is 0 Å². The lowest BCUT2D eigenvalue weighted by molar-refractivity contribution is -0.148. The maximum atomic E-state index is 14.2. The maximum Gasteiger partial charge on any atom is 0.451 e. The quantitative estimate of drug-likeness (QED) is 0.499. The molecule has 34 heavy (non-hydrogen) atoms. The first-order valence-electron chi connectivity index (χ1n) is 10.9. The molecule has 1 amide bonds. The number of rotatable bonds is 2. The molecule has 0 saturated carbocycles. The van der Waals surface area contributed by atoms with Gasteiger partial charge in [0, 0.05) is 43.7 Å². The van der Waals surface area contributed by atoms with Gasteiger partial charge in [-0.2, -0.15) is 13.2 Å². The Morgan fingerprint density at radius 2 is 1.97 bits per heavy atom. The Morgan fingerprint density at radius 3 is 2.71 bits per heavy atom. The molecule has 0 radical (unpaired) electrons. The van der Waals surface area contributed by atoms with Crippen LogP contribution in [0.4, 0.5) is 23.2 Å². The lowest BCUT2D eigenvalue weighted by atomic mass is 9.85. The van der Waals surface area contributed by atoms with E-state index in [1.165, 1.54) is 12.3 Å². The summed E-state index contributed by atoms with van der Waals surface area (Å²) in [6.45, 7) is 3.17. The number of anilines is 1. The first-order chi connectivity index (χ1) is 16.1. The third kappa shape index (κ3) is 3.85. The van der Waals surface area contributed by atoms with Gasteiger partial charge >= 0.3 is 6.18 Å². The zero-order chi connectivity index (χ0) is 24.2. The van der Waals surface area contributed by atoms with Crippen molar-refractivity contribution < 1.29 is 22.4 Å². The van der Waals surface area contributed by atoms with Crippen molar-refractivity contribution in [1.29, 1.82) is 0 Å². The van der Waals surface area contributed by atoms with Crippen LogP contribution in [0.25, 0.3) is 10.9 Å². The second-order valence-electron chi connectivity index (χ2n) is 8.76. The molecule has 5 rings (SSSR count). The van der Waals surface area contributed by atoms with Gasteiger partial charge in [0.25, 0.3) is 0 Å². The third-order valence-electron chi connectivity index (χ3n) is 6.63. The predicted molar refractivity (Wildman–Crippen MR) is 117 cm³/mol. The highest BCUT2D eigenvalue weighted by Crippen LogP contribution is 2.38. The molecule has 0 aliphatic carbocycles. The Hall–Kier alpha value is -2.95. The topological polar surface area (TPSA) is 67.2 Å². The monoisotopic (exact) mass is 496 g/mol. The summed E-state index contributed by atoms with van der Waals surface area (Å²) >= 11 is 6.44. The highest BCUT2D eigenvalue weighted by molar-refractivity contribution is 6.34. The molecule has 7 nitrogen and oxygen atoms in total. The smallest absolute Gasteiger partial charge is 0.369 e. The average molecular weight is 497 g/mol. The van der Waals surface area contributed by atoms with Crippen LogP contribution in [0.15, 0.2) is 24.4 Å². The van der Waals surface area contributed by atoms with Crippen molar-refractivity contribution >= 4 is 34.1 Å². The van der Waals surface area contributed by atoms with Gasteiger partial charge in [0.05, 0.1) is 17.3 Å². The Labute approximate surface area is 197 Å². The maximum absolute atomic E-state index is 14.2. The molecule has 2 atom stereocenters. The van der Waals surface area contributed by atoms with Gasteiger partial charge in [0.1, 0.15) is 11.3 Å². The van der Waals surface area contributed by atoms with Crippen LogP contribution in [-0.4, -0.2) is 50.2 Å². The molecule has 1 fully saturated rings. The number of carbonyl (C=O) groups is 1. The molecule has 2 aromatic heterocycles. The van der Waals surface area contributed by atoms with E-state index in [0.29, 0.717) is 35.6 Å². The normalized spacial score (nSPS) is 21.1. The van der Waals surface area contributed by atoms with Crippen LogP contribution >= 0.6 is 11.6 Å². The van der Waals surface area contributed by atoms with Crippen molar-refractivity contribution in [2.75, 3.05) is 24.5 Å². The second-order valence-corrected chi connectivity index (χ2v) is 9.17. The van der Waals surface area contributed by atoms with E-state index in [4.69, 9.17) is 11.6 Å². The van der Waals surface area contributed by atoms with Gasteiger partial charge in [0.2, 0.25) is 11.7 Å². The number of alkyl halides is 3. The van der Waals surface area contributed by atoms with E-state index < -0.39 is 17.8 Å². The summed E-state index contributed by atoms with van der Waals surface area (Å²) in [4.78, 5) is 21.0. The molecule has 0 spiro atoms. The lowest BCUT2D eigenvalue weighted by Crippen LogP contribution is -2.49. The first kappa shape index (κ1) is 22.8. The minimum Gasteiger partial charge on any atom is -0.369 e. The number of hydrogen-bond donors (Lipinski definition) is 0. The minimum absolute atomic E-state index is 0.000317. The molecule has 1 unspecified atom stereocenters. The number of piperidine rings is 1. The third-order valence-corrected chi connectivity index (χ3v) is 6.91. The number of aromatic nitrogens is 4. The molecule has 0 N–H and O–H groups in total.